The van der Waals surface area contributed by atoms with Crippen LogP contribution in [0, 0.1) is 12.3 Å². The zero-order valence-corrected chi connectivity index (χ0v) is 9.79. The summed E-state index contributed by atoms with van der Waals surface area (Å²) in [6.07, 6.45) is 7.38. The molecule has 1 rings (SSSR count). The Hall–Kier alpha value is -1.27. The summed E-state index contributed by atoms with van der Waals surface area (Å²) < 4.78 is 6.30. The molecule has 0 heterocycles. The Morgan fingerprint density at radius 2 is 2.33 bits per heavy atom. The van der Waals surface area contributed by atoms with Gasteiger partial charge in [0, 0.05) is 10.9 Å². The first kappa shape index (κ1) is 11.8. The Morgan fingerprint density at radius 1 is 1.53 bits per heavy atom. The molecule has 0 aliphatic carbocycles. The minimum atomic E-state index is 0.534. The SMILES string of the molecule is C#CCCCOc1ccc(Br)cc1C=O. The number of carbonyl (C=O) groups excluding carboxylic acids is 1. The fourth-order valence-electron chi connectivity index (χ4n) is 1.10. The third kappa shape index (κ3) is 3.77. The largest absolute Gasteiger partial charge is 0.493 e. The van der Waals surface area contributed by atoms with Crippen molar-refractivity contribution in [3.05, 3.63) is 28.2 Å². The minimum Gasteiger partial charge on any atom is -0.493 e. The second-order valence-electron chi connectivity index (χ2n) is 2.96. The van der Waals surface area contributed by atoms with Crippen LogP contribution in [-0.4, -0.2) is 12.9 Å². The van der Waals surface area contributed by atoms with Crippen LogP contribution in [0.1, 0.15) is 23.2 Å². The predicted octanol–water partition coefficient (Wildman–Crippen LogP) is 3.05. The maximum atomic E-state index is 10.7. The van der Waals surface area contributed by atoms with Gasteiger partial charge in [-0.15, -0.1) is 12.3 Å². The van der Waals surface area contributed by atoms with Crippen molar-refractivity contribution in [3.8, 4) is 18.1 Å². The lowest BCUT2D eigenvalue weighted by Crippen LogP contribution is -1.99. The number of ether oxygens (including phenoxy) is 1. The van der Waals surface area contributed by atoms with Crippen molar-refractivity contribution in [1.82, 2.24) is 0 Å². The molecule has 3 heteroatoms. The van der Waals surface area contributed by atoms with E-state index in [0.29, 0.717) is 24.3 Å². The molecule has 15 heavy (non-hydrogen) atoms. The van der Waals surface area contributed by atoms with Gasteiger partial charge in [-0.2, -0.15) is 0 Å². The van der Waals surface area contributed by atoms with Gasteiger partial charge in [-0.05, 0) is 24.6 Å². The van der Waals surface area contributed by atoms with Gasteiger partial charge in [-0.3, -0.25) is 4.79 Å². The lowest BCUT2D eigenvalue weighted by Gasteiger charge is -2.07. The van der Waals surface area contributed by atoms with Gasteiger partial charge in [0.2, 0.25) is 0 Å². The van der Waals surface area contributed by atoms with Crippen LogP contribution < -0.4 is 4.74 Å². The van der Waals surface area contributed by atoms with Crippen molar-refractivity contribution in [3.63, 3.8) is 0 Å². The summed E-state index contributed by atoms with van der Waals surface area (Å²) >= 11 is 3.29. The Bertz CT molecular complexity index is 380. The Balaban J connectivity index is 2.60. The molecule has 78 valence electrons. The molecule has 0 aliphatic rings. The average Bonchev–Trinajstić information content (AvgIpc) is 2.26. The van der Waals surface area contributed by atoms with E-state index in [1.54, 1.807) is 12.1 Å². The van der Waals surface area contributed by atoms with Crippen molar-refractivity contribution in [2.75, 3.05) is 6.61 Å². The Labute approximate surface area is 97.8 Å². The molecule has 0 aliphatic heterocycles. The maximum Gasteiger partial charge on any atom is 0.153 e. The monoisotopic (exact) mass is 266 g/mol. The van der Waals surface area contributed by atoms with Crippen molar-refractivity contribution < 1.29 is 9.53 Å². The Morgan fingerprint density at radius 3 is 3.00 bits per heavy atom. The normalized spacial score (nSPS) is 9.33. The molecule has 0 atom stereocenters. The second-order valence-corrected chi connectivity index (χ2v) is 3.87. The third-order valence-corrected chi connectivity index (χ3v) is 2.32. The second kappa shape index (κ2) is 6.26. The molecule has 0 amide bonds. The van der Waals surface area contributed by atoms with Gasteiger partial charge in [0.05, 0.1) is 12.2 Å². The van der Waals surface area contributed by atoms with Crippen LogP contribution in [0.2, 0.25) is 0 Å². The molecule has 0 N–H and O–H groups in total. The number of carbonyl (C=O) groups is 1. The molecule has 0 fully saturated rings. The van der Waals surface area contributed by atoms with E-state index < -0.39 is 0 Å². The van der Waals surface area contributed by atoms with Crippen LogP contribution in [0.3, 0.4) is 0 Å². The number of halogens is 1. The highest BCUT2D eigenvalue weighted by atomic mass is 79.9. The molecule has 0 bridgehead atoms. The van der Waals surface area contributed by atoms with E-state index in [1.165, 1.54) is 0 Å². The van der Waals surface area contributed by atoms with Crippen LogP contribution in [0.15, 0.2) is 22.7 Å². The van der Waals surface area contributed by atoms with Gasteiger partial charge < -0.3 is 4.74 Å². The van der Waals surface area contributed by atoms with E-state index in [2.05, 4.69) is 21.9 Å². The van der Waals surface area contributed by atoms with Gasteiger partial charge in [-0.1, -0.05) is 15.9 Å². The molecular weight excluding hydrogens is 256 g/mol. The number of benzene rings is 1. The van der Waals surface area contributed by atoms with Crippen LogP contribution >= 0.6 is 15.9 Å². The lowest BCUT2D eigenvalue weighted by molar-refractivity contribution is 0.111. The fourth-order valence-corrected chi connectivity index (χ4v) is 1.48. The van der Waals surface area contributed by atoms with Gasteiger partial charge in [0.1, 0.15) is 5.75 Å². The molecule has 1 aromatic rings. The van der Waals surface area contributed by atoms with E-state index in [0.717, 1.165) is 17.2 Å². The molecular formula is C12H11BrO2. The van der Waals surface area contributed by atoms with E-state index >= 15 is 0 Å². The number of rotatable bonds is 5. The molecule has 0 saturated heterocycles. The minimum absolute atomic E-state index is 0.534. The van der Waals surface area contributed by atoms with Crippen LogP contribution in [0.4, 0.5) is 0 Å². The van der Waals surface area contributed by atoms with Gasteiger partial charge in [-0.25, -0.2) is 0 Å². The quantitative estimate of drug-likeness (QED) is 0.465. The predicted molar refractivity (Wildman–Crippen MR) is 63.1 cm³/mol. The van der Waals surface area contributed by atoms with Crippen molar-refractivity contribution in [2.45, 2.75) is 12.8 Å². The third-order valence-electron chi connectivity index (χ3n) is 1.82. The molecule has 0 unspecified atom stereocenters. The smallest absolute Gasteiger partial charge is 0.153 e. The lowest BCUT2D eigenvalue weighted by atomic mass is 10.2. The average molecular weight is 267 g/mol. The zero-order valence-electron chi connectivity index (χ0n) is 8.20. The number of terminal acetylenes is 1. The summed E-state index contributed by atoms with van der Waals surface area (Å²) in [5.41, 5.74) is 0.546. The number of hydrogen-bond donors (Lipinski definition) is 0. The van der Waals surface area contributed by atoms with Gasteiger partial charge >= 0.3 is 0 Å². The summed E-state index contributed by atoms with van der Waals surface area (Å²) in [4.78, 5) is 10.7. The molecule has 0 radical (unpaired) electrons. The van der Waals surface area contributed by atoms with Crippen molar-refractivity contribution in [2.24, 2.45) is 0 Å². The number of aldehydes is 1. The highest BCUT2D eigenvalue weighted by Crippen LogP contribution is 2.21. The molecule has 0 spiro atoms. The number of hydrogen-bond acceptors (Lipinski definition) is 2. The highest BCUT2D eigenvalue weighted by Gasteiger charge is 2.02. The molecule has 0 aromatic heterocycles. The summed E-state index contributed by atoms with van der Waals surface area (Å²) in [6.45, 7) is 0.534. The first-order valence-electron chi connectivity index (χ1n) is 4.59. The Kier molecular flexibility index (Phi) is 4.92. The molecule has 2 nitrogen and oxygen atoms in total. The topological polar surface area (TPSA) is 26.3 Å². The van der Waals surface area contributed by atoms with Crippen molar-refractivity contribution >= 4 is 22.2 Å². The number of unbranched alkanes of at least 4 members (excludes halogenated alkanes) is 1. The van der Waals surface area contributed by atoms with Crippen molar-refractivity contribution in [1.29, 1.82) is 0 Å². The van der Waals surface area contributed by atoms with E-state index in [-0.39, 0.29) is 0 Å². The first-order valence-corrected chi connectivity index (χ1v) is 5.38. The van der Waals surface area contributed by atoms with Crippen LogP contribution in [0.25, 0.3) is 0 Å². The highest BCUT2D eigenvalue weighted by molar-refractivity contribution is 9.10. The fraction of sp³-hybridized carbons (Fsp3) is 0.250. The first-order chi connectivity index (χ1) is 7.27. The molecule has 0 saturated carbocycles. The van der Waals surface area contributed by atoms with E-state index in [9.17, 15) is 4.79 Å². The summed E-state index contributed by atoms with van der Waals surface area (Å²) in [5.74, 6) is 3.14. The van der Waals surface area contributed by atoms with Gasteiger partial charge in [0.15, 0.2) is 6.29 Å². The van der Waals surface area contributed by atoms with Gasteiger partial charge in [0.25, 0.3) is 0 Å². The van der Waals surface area contributed by atoms with Crippen LogP contribution in [-0.2, 0) is 0 Å². The summed E-state index contributed by atoms with van der Waals surface area (Å²) in [5, 5.41) is 0. The maximum absolute atomic E-state index is 10.7. The summed E-state index contributed by atoms with van der Waals surface area (Å²) in [7, 11) is 0. The molecule has 1 aromatic carbocycles. The standard InChI is InChI=1S/C12H11BrO2/c1-2-3-4-7-15-12-6-5-11(13)8-10(12)9-14/h1,5-6,8-9H,3-4,7H2. The van der Waals surface area contributed by atoms with Crippen LogP contribution in [0.5, 0.6) is 5.75 Å². The zero-order chi connectivity index (χ0) is 11.1. The summed E-state index contributed by atoms with van der Waals surface area (Å²) in [6, 6.07) is 5.33. The van der Waals surface area contributed by atoms with E-state index in [4.69, 9.17) is 11.2 Å². The van der Waals surface area contributed by atoms with E-state index in [1.807, 2.05) is 6.07 Å².